The highest BCUT2D eigenvalue weighted by Gasteiger charge is 2.17. The topological polar surface area (TPSA) is 93.4 Å². The molecule has 0 amide bonds. The second-order valence-corrected chi connectivity index (χ2v) is 7.15. The Bertz CT molecular complexity index is 1150. The maximum Gasteiger partial charge on any atom is 0.328 e. The van der Waals surface area contributed by atoms with Gasteiger partial charge in [0.1, 0.15) is 11.8 Å². The van der Waals surface area contributed by atoms with Crippen LogP contribution in [0.2, 0.25) is 0 Å². The van der Waals surface area contributed by atoms with Crippen LogP contribution in [0.1, 0.15) is 30.0 Å². The summed E-state index contributed by atoms with van der Waals surface area (Å²) >= 11 is 0. The van der Waals surface area contributed by atoms with E-state index in [2.05, 4.69) is 26.3 Å². The number of aromatic amines is 1. The Balaban J connectivity index is 1.36. The number of nitrogens with zero attached hydrogens (tertiary/aromatic N) is 5. The Labute approximate surface area is 161 Å². The highest BCUT2D eigenvalue weighted by molar-refractivity contribution is 5.68. The number of fused-ring (bicyclic) bond motifs is 1. The minimum Gasteiger partial charge on any atom is -0.317 e. The number of benzene rings is 1. The summed E-state index contributed by atoms with van der Waals surface area (Å²) in [5.41, 5.74) is 4.27. The van der Waals surface area contributed by atoms with Crippen LogP contribution in [0.5, 0.6) is 0 Å². The van der Waals surface area contributed by atoms with Gasteiger partial charge in [-0.15, -0.1) is 0 Å². The van der Waals surface area contributed by atoms with Gasteiger partial charge in [0.2, 0.25) is 0 Å². The van der Waals surface area contributed by atoms with E-state index >= 15 is 0 Å². The molecule has 1 fully saturated rings. The van der Waals surface area contributed by atoms with E-state index in [0.717, 1.165) is 42.9 Å². The first-order valence-corrected chi connectivity index (χ1v) is 9.52. The summed E-state index contributed by atoms with van der Waals surface area (Å²) in [6.45, 7) is 2.57. The molecule has 8 nitrogen and oxygen atoms in total. The molecule has 28 heavy (non-hydrogen) atoms. The molecule has 0 unspecified atom stereocenters. The van der Waals surface area contributed by atoms with Crippen molar-refractivity contribution < 1.29 is 0 Å². The van der Waals surface area contributed by atoms with E-state index in [0.29, 0.717) is 23.6 Å². The van der Waals surface area contributed by atoms with Gasteiger partial charge in [0.25, 0.3) is 0 Å². The van der Waals surface area contributed by atoms with Crippen LogP contribution in [0.15, 0.2) is 53.8 Å². The average molecular weight is 375 g/mol. The molecule has 142 valence electrons. The van der Waals surface area contributed by atoms with E-state index in [9.17, 15) is 4.79 Å². The first-order valence-electron chi connectivity index (χ1n) is 9.52. The number of imidazole rings is 1. The molecule has 0 atom stereocenters. The highest BCUT2D eigenvalue weighted by Crippen LogP contribution is 2.24. The van der Waals surface area contributed by atoms with Crippen molar-refractivity contribution in [2.45, 2.75) is 25.3 Å². The summed E-state index contributed by atoms with van der Waals surface area (Å²) in [5, 5.41) is 8.17. The summed E-state index contributed by atoms with van der Waals surface area (Å²) in [6.07, 6.45) is 7.36. The molecular formula is C20H21N7O. The van der Waals surface area contributed by atoms with Crippen LogP contribution in [0.4, 0.5) is 0 Å². The predicted octanol–water partition coefficient (Wildman–Crippen LogP) is 1.82. The first-order chi connectivity index (χ1) is 13.8. The molecule has 0 spiro atoms. The first kappa shape index (κ1) is 16.9. The smallest absolute Gasteiger partial charge is 0.317 e. The standard InChI is InChI=1S/C20H21N7O/c28-20-24-18-11-22-13-23-19(18)26(20)12-14-1-3-16(4-2-14)27-10-7-17(25-27)15-5-8-21-9-6-15/h1-4,7,10-11,13,15,21H,5-6,8-9,12H2,(H,24,28). The molecule has 1 aliphatic heterocycles. The summed E-state index contributed by atoms with van der Waals surface area (Å²) in [5.74, 6) is 0.539. The zero-order valence-corrected chi connectivity index (χ0v) is 15.4. The zero-order chi connectivity index (χ0) is 18.9. The van der Waals surface area contributed by atoms with Crippen LogP contribution in [0.3, 0.4) is 0 Å². The van der Waals surface area contributed by atoms with Crippen LogP contribution in [-0.2, 0) is 6.54 Å². The minimum atomic E-state index is -0.182. The Hall–Kier alpha value is -3.26. The van der Waals surface area contributed by atoms with E-state index in [1.807, 2.05) is 35.1 Å². The van der Waals surface area contributed by atoms with Gasteiger partial charge in [-0.2, -0.15) is 5.10 Å². The van der Waals surface area contributed by atoms with Crippen molar-refractivity contribution in [2.24, 2.45) is 0 Å². The fraction of sp³-hybridized carbons (Fsp3) is 0.300. The predicted molar refractivity (Wildman–Crippen MR) is 106 cm³/mol. The molecule has 0 aliphatic carbocycles. The lowest BCUT2D eigenvalue weighted by atomic mass is 9.95. The van der Waals surface area contributed by atoms with Crippen molar-refractivity contribution in [1.82, 2.24) is 34.6 Å². The van der Waals surface area contributed by atoms with Crippen molar-refractivity contribution in [2.75, 3.05) is 13.1 Å². The summed E-state index contributed by atoms with van der Waals surface area (Å²) in [6, 6.07) is 10.2. The van der Waals surface area contributed by atoms with E-state index in [1.165, 1.54) is 6.33 Å². The van der Waals surface area contributed by atoms with E-state index < -0.39 is 0 Å². The zero-order valence-electron chi connectivity index (χ0n) is 15.4. The molecule has 1 saturated heterocycles. The lowest BCUT2D eigenvalue weighted by Crippen LogP contribution is -2.26. The molecule has 5 rings (SSSR count). The maximum atomic E-state index is 12.2. The molecular weight excluding hydrogens is 354 g/mol. The number of hydrogen-bond acceptors (Lipinski definition) is 5. The lowest BCUT2D eigenvalue weighted by molar-refractivity contribution is 0.451. The number of nitrogens with one attached hydrogen (secondary N) is 2. The van der Waals surface area contributed by atoms with Crippen LogP contribution in [0, 0.1) is 0 Å². The fourth-order valence-electron chi connectivity index (χ4n) is 3.81. The van der Waals surface area contributed by atoms with Gasteiger partial charge in [0, 0.05) is 12.1 Å². The van der Waals surface area contributed by atoms with Gasteiger partial charge >= 0.3 is 5.69 Å². The van der Waals surface area contributed by atoms with Gasteiger partial charge in [-0.1, -0.05) is 12.1 Å². The monoisotopic (exact) mass is 375 g/mol. The molecule has 4 heterocycles. The number of hydrogen-bond donors (Lipinski definition) is 2. The van der Waals surface area contributed by atoms with Crippen molar-refractivity contribution in [1.29, 1.82) is 0 Å². The van der Waals surface area contributed by atoms with Gasteiger partial charge in [-0.3, -0.25) is 4.57 Å². The third-order valence-corrected chi connectivity index (χ3v) is 5.34. The molecule has 0 bridgehead atoms. The van der Waals surface area contributed by atoms with E-state index in [1.54, 1.807) is 10.8 Å². The second kappa shape index (κ2) is 7.05. The number of piperidine rings is 1. The fourth-order valence-corrected chi connectivity index (χ4v) is 3.81. The molecule has 0 radical (unpaired) electrons. The quantitative estimate of drug-likeness (QED) is 0.568. The highest BCUT2D eigenvalue weighted by atomic mass is 16.1. The number of aromatic nitrogens is 6. The summed E-state index contributed by atoms with van der Waals surface area (Å²) in [7, 11) is 0. The molecule has 1 aliphatic rings. The van der Waals surface area contributed by atoms with Crippen LogP contribution in [-0.4, -0.2) is 42.4 Å². The van der Waals surface area contributed by atoms with Crippen molar-refractivity contribution in [3.63, 3.8) is 0 Å². The Morgan fingerprint density at radius 1 is 1.11 bits per heavy atom. The van der Waals surface area contributed by atoms with Gasteiger partial charge in [0.05, 0.1) is 24.1 Å². The SMILES string of the molecule is O=c1[nH]c2cncnc2n1Cc1ccc(-n2ccc(C3CCNCC3)n2)cc1. The molecule has 4 aromatic rings. The van der Waals surface area contributed by atoms with E-state index in [-0.39, 0.29) is 5.69 Å². The average Bonchev–Trinajstić information content (AvgIpc) is 3.35. The minimum absolute atomic E-state index is 0.182. The Morgan fingerprint density at radius 3 is 2.75 bits per heavy atom. The van der Waals surface area contributed by atoms with Gasteiger partial charge in [0.15, 0.2) is 5.65 Å². The largest absolute Gasteiger partial charge is 0.328 e. The van der Waals surface area contributed by atoms with Crippen molar-refractivity contribution >= 4 is 11.2 Å². The number of rotatable bonds is 4. The van der Waals surface area contributed by atoms with Crippen LogP contribution < -0.4 is 11.0 Å². The molecule has 0 saturated carbocycles. The van der Waals surface area contributed by atoms with Crippen molar-refractivity contribution in [3.05, 3.63) is 70.8 Å². The number of H-pyrrole nitrogens is 1. The maximum absolute atomic E-state index is 12.2. The van der Waals surface area contributed by atoms with Gasteiger partial charge in [-0.05, 0) is 49.7 Å². The van der Waals surface area contributed by atoms with Crippen LogP contribution in [0.25, 0.3) is 16.9 Å². The third-order valence-electron chi connectivity index (χ3n) is 5.34. The Morgan fingerprint density at radius 2 is 1.93 bits per heavy atom. The van der Waals surface area contributed by atoms with Gasteiger partial charge < -0.3 is 10.3 Å². The normalized spacial score (nSPS) is 15.3. The lowest BCUT2D eigenvalue weighted by Gasteiger charge is -2.20. The summed E-state index contributed by atoms with van der Waals surface area (Å²) < 4.78 is 3.54. The molecule has 1 aromatic carbocycles. The van der Waals surface area contributed by atoms with Crippen molar-refractivity contribution in [3.8, 4) is 5.69 Å². The van der Waals surface area contributed by atoms with E-state index in [4.69, 9.17) is 5.10 Å². The molecule has 3 aromatic heterocycles. The third kappa shape index (κ3) is 3.11. The van der Waals surface area contributed by atoms with Gasteiger partial charge in [-0.25, -0.2) is 19.4 Å². The second-order valence-electron chi connectivity index (χ2n) is 7.15. The molecule has 2 N–H and O–H groups in total. The van der Waals surface area contributed by atoms with Crippen LogP contribution >= 0.6 is 0 Å². The Kier molecular flexibility index (Phi) is 4.25. The summed E-state index contributed by atoms with van der Waals surface area (Å²) in [4.78, 5) is 23.1. The molecule has 8 heteroatoms.